The molecule has 1 aromatic carbocycles. The third-order valence-corrected chi connectivity index (χ3v) is 3.60. The van der Waals surface area contributed by atoms with Gasteiger partial charge in [-0.2, -0.15) is 0 Å². The van der Waals surface area contributed by atoms with E-state index < -0.39 is 0 Å². The van der Waals surface area contributed by atoms with E-state index in [9.17, 15) is 0 Å². The van der Waals surface area contributed by atoms with Gasteiger partial charge in [0.15, 0.2) is 0 Å². The molecule has 0 saturated heterocycles. The third kappa shape index (κ3) is 1.08. The second kappa shape index (κ2) is 3.11. The maximum atomic E-state index is 3.34. The van der Waals surface area contributed by atoms with E-state index in [4.69, 9.17) is 0 Å². The fraction of sp³-hybridized carbons (Fsp3) is 0.385. The highest BCUT2D eigenvalue weighted by Crippen LogP contribution is 2.40. The first-order valence-corrected chi connectivity index (χ1v) is 5.57. The van der Waals surface area contributed by atoms with Gasteiger partial charge in [0.25, 0.3) is 0 Å². The summed E-state index contributed by atoms with van der Waals surface area (Å²) < 4.78 is 0. The van der Waals surface area contributed by atoms with Gasteiger partial charge in [0.1, 0.15) is 0 Å². The monoisotopic (exact) mass is 200 g/mol. The second-order valence-corrected chi connectivity index (χ2v) is 4.26. The van der Waals surface area contributed by atoms with Crippen molar-refractivity contribution in [3.63, 3.8) is 0 Å². The van der Waals surface area contributed by atoms with Gasteiger partial charge >= 0.3 is 0 Å². The normalized spacial score (nSPS) is 21.5. The first-order chi connectivity index (χ1) is 7.35. The van der Waals surface area contributed by atoms with E-state index >= 15 is 0 Å². The maximum Gasteiger partial charge on any atom is 0.0533 e. The first-order valence-electron chi connectivity index (χ1n) is 5.57. The van der Waals surface area contributed by atoms with Crippen LogP contribution in [0.4, 0.5) is 0 Å². The molecular weight excluding hydrogens is 184 g/mol. The number of fused-ring (bicyclic) bond motifs is 3. The first kappa shape index (κ1) is 8.98. The lowest BCUT2D eigenvalue weighted by Gasteiger charge is -2.24. The van der Waals surface area contributed by atoms with Gasteiger partial charge < -0.3 is 10.6 Å². The molecule has 0 aliphatic heterocycles. The summed E-state index contributed by atoms with van der Waals surface area (Å²) in [4.78, 5) is 0. The highest BCUT2D eigenvalue weighted by Gasteiger charge is 2.28. The molecule has 0 bridgehead atoms. The van der Waals surface area contributed by atoms with Crippen molar-refractivity contribution in [2.75, 3.05) is 14.1 Å². The number of hydrogen-bond donors (Lipinski definition) is 2. The highest BCUT2D eigenvalue weighted by atomic mass is 14.9. The summed E-state index contributed by atoms with van der Waals surface area (Å²) in [5.41, 5.74) is 7.28. The number of aryl methyl sites for hydroxylation is 1. The Morgan fingerprint density at radius 3 is 2.67 bits per heavy atom. The summed E-state index contributed by atoms with van der Waals surface area (Å²) >= 11 is 0. The molecule has 0 fully saturated rings. The standard InChI is InChI=1S/C13H16N2/c1-14-11-7-12(15-2)13-9-5-3-8(9)4-6-10(11)13/h4,6-7,11,14-15H,3,5H2,1-2H3. The average molecular weight is 200 g/mol. The zero-order chi connectivity index (χ0) is 10.4. The van der Waals surface area contributed by atoms with Crippen LogP contribution in [0.1, 0.15) is 28.3 Å². The van der Waals surface area contributed by atoms with E-state index in [1.54, 1.807) is 5.56 Å². The fourth-order valence-electron chi connectivity index (χ4n) is 2.68. The molecule has 0 aromatic heterocycles. The van der Waals surface area contributed by atoms with Crippen LogP contribution in [0.2, 0.25) is 0 Å². The average Bonchev–Trinajstić information content (AvgIpc) is 2.56. The predicted octanol–water partition coefficient (Wildman–Crippen LogP) is 1.62. The molecule has 2 heteroatoms. The van der Waals surface area contributed by atoms with Crippen LogP contribution in [0, 0.1) is 0 Å². The Kier molecular flexibility index (Phi) is 1.86. The van der Waals surface area contributed by atoms with Gasteiger partial charge in [0, 0.05) is 18.3 Å². The molecule has 78 valence electrons. The van der Waals surface area contributed by atoms with Crippen molar-refractivity contribution >= 4 is 5.70 Å². The lowest BCUT2D eigenvalue weighted by atomic mass is 9.82. The molecule has 2 N–H and O–H groups in total. The Hall–Kier alpha value is -1.28. The molecular formula is C13H16N2. The Balaban J connectivity index is 2.18. The largest absolute Gasteiger partial charge is 0.388 e. The molecule has 0 heterocycles. The van der Waals surface area contributed by atoms with Crippen LogP contribution in [-0.4, -0.2) is 14.1 Å². The van der Waals surface area contributed by atoms with Gasteiger partial charge in [0.05, 0.1) is 6.04 Å². The summed E-state index contributed by atoms with van der Waals surface area (Å²) in [7, 11) is 4.02. The molecule has 0 saturated carbocycles. The smallest absolute Gasteiger partial charge is 0.0533 e. The van der Waals surface area contributed by atoms with Crippen LogP contribution >= 0.6 is 0 Å². The minimum atomic E-state index is 0.383. The molecule has 0 spiro atoms. The molecule has 0 radical (unpaired) electrons. The van der Waals surface area contributed by atoms with Crippen molar-refractivity contribution in [3.05, 3.63) is 40.5 Å². The van der Waals surface area contributed by atoms with Crippen LogP contribution in [0.3, 0.4) is 0 Å². The van der Waals surface area contributed by atoms with Crippen molar-refractivity contribution in [2.45, 2.75) is 18.9 Å². The lowest BCUT2D eigenvalue weighted by molar-refractivity contribution is 0.719. The number of likely N-dealkylation sites (N-methyl/N-ethyl adjacent to an activating group) is 1. The minimum Gasteiger partial charge on any atom is -0.388 e. The Morgan fingerprint density at radius 1 is 1.20 bits per heavy atom. The maximum absolute atomic E-state index is 3.34. The molecule has 1 aromatic rings. The number of hydrogen-bond acceptors (Lipinski definition) is 2. The molecule has 2 aliphatic rings. The quantitative estimate of drug-likeness (QED) is 0.758. The van der Waals surface area contributed by atoms with E-state index in [0.717, 1.165) is 0 Å². The van der Waals surface area contributed by atoms with E-state index in [1.807, 2.05) is 14.1 Å². The van der Waals surface area contributed by atoms with Crippen LogP contribution in [0.5, 0.6) is 0 Å². The van der Waals surface area contributed by atoms with Crippen LogP contribution in [0.15, 0.2) is 18.2 Å². The Bertz CT molecular complexity index is 446. The summed E-state index contributed by atoms with van der Waals surface area (Å²) in [6, 6.07) is 4.94. The van der Waals surface area contributed by atoms with E-state index in [2.05, 4.69) is 28.8 Å². The third-order valence-electron chi connectivity index (χ3n) is 3.60. The topological polar surface area (TPSA) is 24.1 Å². The van der Waals surface area contributed by atoms with Crippen molar-refractivity contribution in [2.24, 2.45) is 0 Å². The van der Waals surface area contributed by atoms with Gasteiger partial charge in [-0.05, 0) is 42.7 Å². The summed E-state index contributed by atoms with van der Waals surface area (Å²) in [5.74, 6) is 0. The lowest BCUT2D eigenvalue weighted by Crippen LogP contribution is -2.17. The van der Waals surface area contributed by atoms with Gasteiger partial charge in [-0.1, -0.05) is 12.1 Å². The zero-order valence-corrected chi connectivity index (χ0v) is 9.22. The van der Waals surface area contributed by atoms with Crippen molar-refractivity contribution in [1.82, 2.24) is 10.6 Å². The fourth-order valence-corrected chi connectivity index (χ4v) is 2.68. The predicted molar refractivity (Wildman–Crippen MR) is 62.7 cm³/mol. The SMILES string of the molecule is CNC1=CC(NC)c2ccc3c(c21)CC3. The number of benzene rings is 1. The van der Waals surface area contributed by atoms with Crippen molar-refractivity contribution in [1.29, 1.82) is 0 Å². The van der Waals surface area contributed by atoms with E-state index in [-0.39, 0.29) is 0 Å². The van der Waals surface area contributed by atoms with Gasteiger partial charge in [-0.3, -0.25) is 0 Å². The molecule has 2 nitrogen and oxygen atoms in total. The van der Waals surface area contributed by atoms with Crippen molar-refractivity contribution < 1.29 is 0 Å². The zero-order valence-electron chi connectivity index (χ0n) is 9.22. The summed E-state index contributed by atoms with van der Waals surface area (Å²) in [6.07, 6.45) is 4.78. The highest BCUT2D eigenvalue weighted by molar-refractivity contribution is 5.77. The van der Waals surface area contributed by atoms with Crippen LogP contribution < -0.4 is 10.6 Å². The van der Waals surface area contributed by atoms with Crippen LogP contribution in [0.25, 0.3) is 5.70 Å². The van der Waals surface area contributed by atoms with Gasteiger partial charge in [0.2, 0.25) is 0 Å². The van der Waals surface area contributed by atoms with Gasteiger partial charge in [-0.25, -0.2) is 0 Å². The Morgan fingerprint density at radius 2 is 2.07 bits per heavy atom. The summed E-state index contributed by atoms with van der Waals surface area (Å²) in [5, 5.41) is 6.65. The molecule has 1 unspecified atom stereocenters. The molecule has 2 aliphatic carbocycles. The second-order valence-electron chi connectivity index (χ2n) is 4.26. The minimum absolute atomic E-state index is 0.383. The van der Waals surface area contributed by atoms with Crippen molar-refractivity contribution in [3.8, 4) is 0 Å². The molecule has 1 atom stereocenters. The Labute approximate surface area is 90.4 Å². The number of nitrogens with one attached hydrogen (secondary N) is 2. The van der Waals surface area contributed by atoms with E-state index in [1.165, 1.54) is 35.2 Å². The molecule has 0 amide bonds. The van der Waals surface area contributed by atoms with Gasteiger partial charge in [-0.15, -0.1) is 0 Å². The van der Waals surface area contributed by atoms with Crippen LogP contribution in [-0.2, 0) is 12.8 Å². The molecule has 3 rings (SSSR count). The van der Waals surface area contributed by atoms with E-state index in [0.29, 0.717) is 6.04 Å². The molecule has 15 heavy (non-hydrogen) atoms. The summed E-state index contributed by atoms with van der Waals surface area (Å²) in [6.45, 7) is 0. The number of rotatable bonds is 2.